The first-order valence-electron chi connectivity index (χ1n) is 7.74. The molecule has 1 atom stereocenters. The normalized spacial score (nSPS) is 16.7. The molecular weight excluding hydrogens is 309 g/mol. The highest BCUT2D eigenvalue weighted by atomic mass is 19.1. The van der Waals surface area contributed by atoms with Gasteiger partial charge in [-0.05, 0) is 42.7 Å². The number of benzene rings is 1. The van der Waals surface area contributed by atoms with E-state index in [9.17, 15) is 9.18 Å². The Morgan fingerprint density at radius 2 is 2.29 bits per heavy atom. The number of halogens is 1. The van der Waals surface area contributed by atoms with Crippen molar-refractivity contribution in [3.63, 3.8) is 0 Å². The lowest BCUT2D eigenvalue weighted by Gasteiger charge is -2.12. The van der Waals surface area contributed by atoms with Gasteiger partial charge in [0.1, 0.15) is 11.6 Å². The Morgan fingerprint density at radius 3 is 3.00 bits per heavy atom. The van der Waals surface area contributed by atoms with Crippen molar-refractivity contribution in [1.82, 2.24) is 19.7 Å². The average Bonchev–Trinajstić information content (AvgIpc) is 3.18. The highest BCUT2D eigenvalue weighted by molar-refractivity contribution is 5.86. The predicted molar refractivity (Wildman–Crippen MR) is 89.6 cm³/mol. The number of aromatic amines is 1. The molecule has 122 valence electrons. The van der Waals surface area contributed by atoms with Crippen molar-refractivity contribution in [2.24, 2.45) is 5.73 Å². The SMILES string of the molecule is C[C@@H](N)c1cc(F)cc2c(=O)n3c(nc12)C(=Cc1cn[nH]c1)CC3. The summed E-state index contributed by atoms with van der Waals surface area (Å²) in [4.78, 5) is 17.4. The number of nitrogens with two attached hydrogens (primary N) is 1. The van der Waals surface area contributed by atoms with Gasteiger partial charge in [0.05, 0.1) is 17.1 Å². The topological polar surface area (TPSA) is 89.6 Å². The third-order valence-corrected chi connectivity index (χ3v) is 4.30. The van der Waals surface area contributed by atoms with E-state index >= 15 is 0 Å². The van der Waals surface area contributed by atoms with E-state index in [1.807, 2.05) is 6.08 Å². The Bertz CT molecular complexity index is 1020. The van der Waals surface area contributed by atoms with Crippen molar-refractivity contribution >= 4 is 22.6 Å². The first kappa shape index (κ1) is 14.8. The molecule has 0 bridgehead atoms. The van der Waals surface area contributed by atoms with Crippen LogP contribution in [0.3, 0.4) is 0 Å². The van der Waals surface area contributed by atoms with Gasteiger partial charge in [-0.15, -0.1) is 0 Å². The Hall–Kier alpha value is -2.80. The first-order valence-corrected chi connectivity index (χ1v) is 7.74. The predicted octanol–water partition coefficient (Wildman–Crippen LogP) is 2.22. The second kappa shape index (κ2) is 5.38. The lowest BCUT2D eigenvalue weighted by atomic mass is 10.0. The number of fused-ring (bicyclic) bond motifs is 2. The van der Waals surface area contributed by atoms with E-state index < -0.39 is 11.9 Å². The fourth-order valence-electron chi connectivity index (χ4n) is 3.14. The molecular formula is C17H16FN5O. The van der Waals surface area contributed by atoms with Gasteiger partial charge in [0.15, 0.2) is 0 Å². The van der Waals surface area contributed by atoms with E-state index in [1.165, 1.54) is 12.1 Å². The first-order chi connectivity index (χ1) is 11.5. The van der Waals surface area contributed by atoms with Crippen LogP contribution in [-0.4, -0.2) is 19.7 Å². The van der Waals surface area contributed by atoms with Gasteiger partial charge in [0, 0.05) is 24.3 Å². The third kappa shape index (κ3) is 2.25. The highest BCUT2D eigenvalue weighted by Crippen LogP contribution is 2.29. The van der Waals surface area contributed by atoms with Gasteiger partial charge in [-0.2, -0.15) is 5.10 Å². The van der Waals surface area contributed by atoms with Crippen molar-refractivity contribution in [3.8, 4) is 0 Å². The molecule has 0 spiro atoms. The molecule has 3 aromatic rings. The van der Waals surface area contributed by atoms with Gasteiger partial charge in [0.2, 0.25) is 0 Å². The summed E-state index contributed by atoms with van der Waals surface area (Å²) in [5, 5.41) is 6.95. The molecule has 3 N–H and O–H groups in total. The molecule has 0 aliphatic carbocycles. The maximum Gasteiger partial charge on any atom is 0.261 e. The second-order valence-corrected chi connectivity index (χ2v) is 6.02. The van der Waals surface area contributed by atoms with E-state index in [1.54, 1.807) is 23.9 Å². The largest absolute Gasteiger partial charge is 0.324 e. The fraction of sp³-hybridized carbons (Fsp3) is 0.235. The number of aromatic nitrogens is 4. The minimum atomic E-state index is -0.471. The van der Waals surface area contributed by atoms with Crippen LogP contribution in [-0.2, 0) is 6.54 Å². The molecule has 1 aromatic carbocycles. The Morgan fingerprint density at radius 1 is 1.46 bits per heavy atom. The van der Waals surface area contributed by atoms with Crippen LogP contribution in [0.1, 0.15) is 36.3 Å². The summed E-state index contributed by atoms with van der Waals surface area (Å²) in [6, 6.07) is 2.17. The summed E-state index contributed by atoms with van der Waals surface area (Å²) in [5.41, 5.74) is 8.60. The van der Waals surface area contributed by atoms with E-state index in [2.05, 4.69) is 15.2 Å². The number of hydrogen-bond donors (Lipinski definition) is 2. The minimum absolute atomic E-state index is 0.230. The van der Waals surface area contributed by atoms with Gasteiger partial charge in [-0.1, -0.05) is 0 Å². The number of nitrogens with zero attached hydrogens (tertiary/aromatic N) is 3. The van der Waals surface area contributed by atoms with E-state index in [4.69, 9.17) is 5.73 Å². The molecule has 3 heterocycles. The summed E-state index contributed by atoms with van der Waals surface area (Å²) in [6.45, 7) is 2.29. The van der Waals surface area contributed by atoms with Crippen LogP contribution in [0.25, 0.3) is 22.6 Å². The highest BCUT2D eigenvalue weighted by Gasteiger charge is 2.23. The molecule has 0 fully saturated rings. The summed E-state index contributed by atoms with van der Waals surface area (Å²) in [5.74, 6) is 0.142. The van der Waals surface area contributed by atoms with Crippen LogP contribution in [0.4, 0.5) is 4.39 Å². The van der Waals surface area contributed by atoms with Crippen LogP contribution in [0, 0.1) is 5.82 Å². The van der Waals surface area contributed by atoms with Crippen LogP contribution in [0.2, 0.25) is 0 Å². The molecule has 0 saturated heterocycles. The Labute approximate surface area is 136 Å². The molecule has 2 aromatic heterocycles. The lowest BCUT2D eigenvalue weighted by molar-refractivity contribution is 0.623. The standard InChI is InChI=1S/C17H16FN5O/c1-9(19)13-5-12(18)6-14-15(13)22-16-11(2-3-23(16)17(14)24)4-10-7-20-21-8-10/h4-9H,2-3,19H2,1H3,(H,20,21)/t9-/m1/s1. The van der Waals surface area contributed by atoms with Gasteiger partial charge in [0.25, 0.3) is 5.56 Å². The summed E-state index contributed by atoms with van der Waals surface area (Å²) < 4.78 is 15.5. The monoisotopic (exact) mass is 325 g/mol. The van der Waals surface area contributed by atoms with Crippen LogP contribution in [0.5, 0.6) is 0 Å². The minimum Gasteiger partial charge on any atom is -0.324 e. The van der Waals surface area contributed by atoms with E-state index in [0.29, 0.717) is 29.9 Å². The summed E-state index contributed by atoms with van der Waals surface area (Å²) in [7, 11) is 0. The molecule has 1 aliphatic rings. The maximum absolute atomic E-state index is 13.9. The van der Waals surface area contributed by atoms with Crippen molar-refractivity contribution < 1.29 is 4.39 Å². The van der Waals surface area contributed by atoms with Crippen LogP contribution >= 0.6 is 0 Å². The smallest absolute Gasteiger partial charge is 0.261 e. The van der Waals surface area contributed by atoms with Crippen molar-refractivity contribution in [2.45, 2.75) is 25.9 Å². The van der Waals surface area contributed by atoms with Crippen molar-refractivity contribution in [1.29, 1.82) is 0 Å². The van der Waals surface area contributed by atoms with Gasteiger partial charge < -0.3 is 5.73 Å². The molecule has 0 radical (unpaired) electrons. The van der Waals surface area contributed by atoms with Crippen molar-refractivity contribution in [2.75, 3.05) is 0 Å². The zero-order chi connectivity index (χ0) is 16.8. The average molecular weight is 325 g/mol. The molecule has 0 unspecified atom stereocenters. The number of rotatable bonds is 2. The number of hydrogen-bond acceptors (Lipinski definition) is 4. The molecule has 24 heavy (non-hydrogen) atoms. The molecule has 0 saturated carbocycles. The Balaban J connectivity index is 2.00. The Kier molecular flexibility index (Phi) is 3.31. The molecule has 1 aliphatic heterocycles. The summed E-state index contributed by atoms with van der Waals surface area (Å²) >= 11 is 0. The van der Waals surface area contributed by atoms with Gasteiger partial charge in [-0.3, -0.25) is 14.5 Å². The lowest BCUT2D eigenvalue weighted by Crippen LogP contribution is -2.22. The van der Waals surface area contributed by atoms with Gasteiger partial charge >= 0.3 is 0 Å². The van der Waals surface area contributed by atoms with Gasteiger partial charge in [-0.25, -0.2) is 9.37 Å². The van der Waals surface area contributed by atoms with E-state index in [-0.39, 0.29) is 10.9 Å². The zero-order valence-corrected chi connectivity index (χ0v) is 13.1. The maximum atomic E-state index is 13.9. The van der Waals surface area contributed by atoms with Crippen molar-refractivity contribution in [3.05, 3.63) is 57.6 Å². The molecule has 4 rings (SSSR count). The van der Waals surface area contributed by atoms with Crippen LogP contribution < -0.4 is 11.3 Å². The molecule has 0 amide bonds. The zero-order valence-electron chi connectivity index (χ0n) is 13.1. The number of H-pyrrole nitrogens is 1. The number of nitrogens with one attached hydrogen (secondary N) is 1. The number of allylic oxidation sites excluding steroid dienone is 1. The second-order valence-electron chi connectivity index (χ2n) is 6.02. The summed E-state index contributed by atoms with van der Waals surface area (Å²) in [6.07, 6.45) is 6.13. The quantitative estimate of drug-likeness (QED) is 0.756. The van der Waals surface area contributed by atoms with Crippen LogP contribution in [0.15, 0.2) is 29.3 Å². The third-order valence-electron chi connectivity index (χ3n) is 4.30. The molecule has 6 nitrogen and oxygen atoms in total. The van der Waals surface area contributed by atoms with E-state index in [0.717, 1.165) is 11.1 Å². The fourth-order valence-corrected chi connectivity index (χ4v) is 3.14. The molecule has 7 heteroatoms.